The second kappa shape index (κ2) is 8.35. The molecule has 10 heteroatoms. The number of nitrogen functional groups attached to an aromatic ring is 1. The lowest BCUT2D eigenvalue weighted by atomic mass is 10.2. The predicted octanol–water partition coefficient (Wildman–Crippen LogP) is 1.94. The van der Waals surface area contributed by atoms with Crippen molar-refractivity contribution in [2.45, 2.75) is 26.2 Å². The van der Waals surface area contributed by atoms with Crippen molar-refractivity contribution >= 4 is 39.2 Å². The van der Waals surface area contributed by atoms with Crippen molar-refractivity contribution in [2.75, 3.05) is 43.5 Å². The Kier molecular flexibility index (Phi) is 5.41. The molecule has 1 saturated carbocycles. The highest BCUT2D eigenvalue weighted by molar-refractivity contribution is 7.19. The number of anilines is 2. The largest absolute Gasteiger partial charge is 0.378 e. The van der Waals surface area contributed by atoms with E-state index in [2.05, 4.69) is 27.1 Å². The molecule has 4 heterocycles. The molecule has 0 aromatic carbocycles. The van der Waals surface area contributed by atoms with E-state index >= 15 is 0 Å². The molecule has 31 heavy (non-hydrogen) atoms. The Morgan fingerprint density at radius 1 is 1.26 bits per heavy atom. The Morgan fingerprint density at radius 3 is 2.71 bits per heavy atom. The maximum Gasteiger partial charge on any atom is 0.223 e. The fourth-order valence-corrected chi connectivity index (χ4v) is 4.98. The van der Waals surface area contributed by atoms with Crippen LogP contribution in [0.2, 0.25) is 0 Å². The standard InChI is InChI=1S/C21H25N7O2S/c1-12-15(4-5-23-20(29)13-2-3-13)31-17-16(12)26-18(14-10-24-21(22)25-11-14)27-19(17)28-6-8-30-9-7-28/h10-11,13H,2-9H2,1H3,(H,23,29)(H2,22,24,25). The summed E-state index contributed by atoms with van der Waals surface area (Å²) in [6, 6.07) is 0. The van der Waals surface area contributed by atoms with Crippen LogP contribution in [0.5, 0.6) is 0 Å². The van der Waals surface area contributed by atoms with E-state index in [1.165, 1.54) is 4.88 Å². The van der Waals surface area contributed by atoms with Crippen LogP contribution >= 0.6 is 11.3 Å². The average Bonchev–Trinajstić information content (AvgIpc) is 3.60. The number of nitrogens with one attached hydrogen (secondary N) is 1. The fourth-order valence-electron chi connectivity index (χ4n) is 3.72. The molecule has 0 atom stereocenters. The first-order chi connectivity index (χ1) is 15.1. The van der Waals surface area contributed by atoms with Gasteiger partial charge in [-0.2, -0.15) is 0 Å². The number of aromatic nitrogens is 4. The SMILES string of the molecule is Cc1c(CCNC(=O)C2CC2)sc2c(N3CCOCC3)nc(-c3cnc(N)nc3)nc12. The van der Waals surface area contributed by atoms with Gasteiger partial charge in [-0.3, -0.25) is 4.79 Å². The molecule has 0 unspecified atom stereocenters. The van der Waals surface area contributed by atoms with Gasteiger partial charge >= 0.3 is 0 Å². The normalized spacial score (nSPS) is 16.6. The number of carbonyl (C=O) groups is 1. The topological polar surface area (TPSA) is 119 Å². The number of nitrogens with zero attached hydrogens (tertiary/aromatic N) is 5. The summed E-state index contributed by atoms with van der Waals surface area (Å²) in [7, 11) is 0. The van der Waals surface area contributed by atoms with E-state index in [-0.39, 0.29) is 17.8 Å². The minimum Gasteiger partial charge on any atom is -0.378 e. The maximum absolute atomic E-state index is 12.0. The van der Waals surface area contributed by atoms with Gasteiger partial charge in [-0.25, -0.2) is 19.9 Å². The first kappa shape index (κ1) is 20.1. The highest BCUT2D eigenvalue weighted by atomic mass is 32.1. The summed E-state index contributed by atoms with van der Waals surface area (Å²) >= 11 is 1.72. The van der Waals surface area contributed by atoms with Crippen LogP contribution in [0.1, 0.15) is 23.3 Å². The van der Waals surface area contributed by atoms with Gasteiger partial charge in [0.1, 0.15) is 0 Å². The third-order valence-corrected chi connectivity index (χ3v) is 7.02. The molecule has 0 radical (unpaired) electrons. The first-order valence-electron chi connectivity index (χ1n) is 10.6. The molecule has 0 spiro atoms. The maximum atomic E-state index is 12.0. The molecule has 1 aliphatic carbocycles. The van der Waals surface area contributed by atoms with Gasteiger partial charge in [0.05, 0.1) is 29.0 Å². The third-order valence-electron chi connectivity index (χ3n) is 5.69. The molecule has 5 rings (SSSR count). The predicted molar refractivity (Wildman–Crippen MR) is 120 cm³/mol. The summed E-state index contributed by atoms with van der Waals surface area (Å²) < 4.78 is 6.61. The van der Waals surface area contributed by atoms with E-state index in [1.54, 1.807) is 23.7 Å². The van der Waals surface area contributed by atoms with Crippen LogP contribution in [0.4, 0.5) is 11.8 Å². The molecule has 0 bridgehead atoms. The lowest BCUT2D eigenvalue weighted by molar-refractivity contribution is -0.122. The summed E-state index contributed by atoms with van der Waals surface area (Å²) in [5, 5.41) is 3.06. The summed E-state index contributed by atoms with van der Waals surface area (Å²) in [4.78, 5) is 33.4. The Hall–Kier alpha value is -2.85. The number of morpholine rings is 1. The number of carbonyl (C=O) groups excluding carboxylic acids is 1. The van der Waals surface area contributed by atoms with E-state index in [4.69, 9.17) is 20.4 Å². The minimum absolute atomic E-state index is 0.179. The average molecular weight is 440 g/mol. The number of amides is 1. The van der Waals surface area contributed by atoms with E-state index in [9.17, 15) is 4.79 Å². The van der Waals surface area contributed by atoms with Gasteiger partial charge in [0, 0.05) is 42.8 Å². The van der Waals surface area contributed by atoms with E-state index < -0.39 is 0 Å². The van der Waals surface area contributed by atoms with Crippen molar-refractivity contribution in [3.63, 3.8) is 0 Å². The van der Waals surface area contributed by atoms with Crippen LogP contribution < -0.4 is 16.0 Å². The van der Waals surface area contributed by atoms with Gasteiger partial charge in [-0.15, -0.1) is 11.3 Å². The number of fused-ring (bicyclic) bond motifs is 1. The number of hydrogen-bond donors (Lipinski definition) is 2. The van der Waals surface area contributed by atoms with Crippen LogP contribution in [0.25, 0.3) is 21.6 Å². The molecule has 2 fully saturated rings. The molecular weight excluding hydrogens is 414 g/mol. The fraction of sp³-hybridized carbons (Fsp3) is 0.476. The summed E-state index contributed by atoms with van der Waals surface area (Å²) in [6.45, 7) is 5.66. The lowest BCUT2D eigenvalue weighted by Gasteiger charge is -2.28. The molecule has 2 aliphatic rings. The van der Waals surface area contributed by atoms with Crippen LogP contribution in [-0.4, -0.2) is 58.7 Å². The number of thiophene rings is 1. The molecule has 1 aliphatic heterocycles. The summed E-state index contributed by atoms with van der Waals surface area (Å²) in [5.74, 6) is 2.13. The number of rotatable bonds is 6. The first-order valence-corrected chi connectivity index (χ1v) is 11.4. The van der Waals surface area contributed by atoms with Crippen molar-refractivity contribution in [3.8, 4) is 11.4 Å². The Labute approximate surface area is 184 Å². The van der Waals surface area contributed by atoms with Crippen LogP contribution in [0.3, 0.4) is 0 Å². The Morgan fingerprint density at radius 2 is 2.00 bits per heavy atom. The van der Waals surface area contributed by atoms with Gasteiger partial charge < -0.3 is 20.7 Å². The second-order valence-corrected chi connectivity index (χ2v) is 9.05. The van der Waals surface area contributed by atoms with Crippen molar-refractivity contribution in [2.24, 2.45) is 5.92 Å². The van der Waals surface area contributed by atoms with Crippen molar-refractivity contribution < 1.29 is 9.53 Å². The van der Waals surface area contributed by atoms with Crippen LogP contribution in [-0.2, 0) is 16.0 Å². The summed E-state index contributed by atoms with van der Waals surface area (Å²) in [5.41, 5.74) is 8.45. The van der Waals surface area contributed by atoms with E-state index in [1.807, 2.05) is 0 Å². The number of hydrogen-bond acceptors (Lipinski definition) is 9. The van der Waals surface area contributed by atoms with Gasteiger partial charge in [0.2, 0.25) is 11.9 Å². The zero-order chi connectivity index (χ0) is 21.4. The quantitative estimate of drug-likeness (QED) is 0.598. The van der Waals surface area contributed by atoms with E-state index in [0.717, 1.165) is 59.5 Å². The van der Waals surface area contributed by atoms with Crippen molar-refractivity contribution in [1.82, 2.24) is 25.3 Å². The van der Waals surface area contributed by atoms with E-state index in [0.29, 0.717) is 25.6 Å². The smallest absolute Gasteiger partial charge is 0.223 e. The molecule has 1 saturated heterocycles. The molecule has 3 N–H and O–H groups in total. The Balaban J connectivity index is 1.51. The molecule has 1 amide bonds. The van der Waals surface area contributed by atoms with Gasteiger partial charge in [0.25, 0.3) is 0 Å². The molecule has 162 valence electrons. The second-order valence-electron chi connectivity index (χ2n) is 7.94. The zero-order valence-electron chi connectivity index (χ0n) is 17.4. The van der Waals surface area contributed by atoms with Gasteiger partial charge in [0.15, 0.2) is 11.6 Å². The van der Waals surface area contributed by atoms with Gasteiger partial charge in [-0.1, -0.05) is 0 Å². The van der Waals surface area contributed by atoms with Crippen molar-refractivity contribution in [3.05, 3.63) is 22.8 Å². The summed E-state index contributed by atoms with van der Waals surface area (Å²) in [6.07, 6.45) is 6.13. The Bertz CT molecular complexity index is 1110. The monoisotopic (exact) mass is 439 g/mol. The van der Waals surface area contributed by atoms with Crippen molar-refractivity contribution in [1.29, 1.82) is 0 Å². The molecule has 3 aromatic heterocycles. The highest BCUT2D eigenvalue weighted by Crippen LogP contribution is 2.37. The highest BCUT2D eigenvalue weighted by Gasteiger charge is 2.29. The minimum atomic E-state index is 0.179. The zero-order valence-corrected chi connectivity index (χ0v) is 18.2. The molecule has 9 nitrogen and oxygen atoms in total. The number of nitrogens with two attached hydrogens (primary N) is 1. The lowest BCUT2D eigenvalue weighted by Crippen LogP contribution is -2.36. The van der Waals surface area contributed by atoms with Gasteiger partial charge in [-0.05, 0) is 31.7 Å². The van der Waals surface area contributed by atoms with Crippen LogP contribution in [0, 0.1) is 12.8 Å². The van der Waals surface area contributed by atoms with Crippen LogP contribution in [0.15, 0.2) is 12.4 Å². The third kappa shape index (κ3) is 4.17. The molecular formula is C21H25N7O2S. The molecule has 3 aromatic rings. The number of aryl methyl sites for hydroxylation is 1. The number of ether oxygens (including phenoxy) is 1.